The van der Waals surface area contributed by atoms with Crippen molar-refractivity contribution < 1.29 is 13.2 Å². The van der Waals surface area contributed by atoms with Crippen LogP contribution in [0.2, 0.25) is 15.1 Å². The van der Waals surface area contributed by atoms with E-state index in [4.69, 9.17) is 44.7 Å². The van der Waals surface area contributed by atoms with Crippen molar-refractivity contribution in [2.75, 3.05) is 7.11 Å². The van der Waals surface area contributed by atoms with Crippen LogP contribution in [0.5, 0.6) is 5.75 Å². The van der Waals surface area contributed by atoms with Crippen molar-refractivity contribution in [1.82, 2.24) is 9.78 Å². The summed E-state index contributed by atoms with van der Waals surface area (Å²) in [5.41, 5.74) is 1.75. The zero-order chi connectivity index (χ0) is 19.1. The highest BCUT2D eigenvalue weighted by molar-refractivity contribution is 7.89. The van der Waals surface area contributed by atoms with Crippen molar-refractivity contribution in [3.63, 3.8) is 0 Å². The maximum atomic E-state index is 11.4. The Morgan fingerprint density at radius 3 is 2.12 bits per heavy atom. The first-order chi connectivity index (χ1) is 12.2. The highest BCUT2D eigenvalue weighted by Crippen LogP contribution is 2.39. The van der Waals surface area contributed by atoms with Gasteiger partial charge in [-0.05, 0) is 36.4 Å². The van der Waals surface area contributed by atoms with E-state index in [0.717, 1.165) is 0 Å². The van der Waals surface area contributed by atoms with E-state index in [1.165, 1.54) is 25.4 Å². The summed E-state index contributed by atoms with van der Waals surface area (Å²) < 4.78 is 29.5. The zero-order valence-electron chi connectivity index (χ0n) is 13.3. The number of primary sulfonamides is 1. The molecule has 0 aliphatic rings. The lowest BCUT2D eigenvalue weighted by molar-refractivity contribution is 0.415. The van der Waals surface area contributed by atoms with Gasteiger partial charge in [0, 0.05) is 5.56 Å². The molecule has 136 valence electrons. The lowest BCUT2D eigenvalue weighted by Gasteiger charge is -2.12. The minimum absolute atomic E-state index is 0.00316. The number of aromatic nitrogens is 2. The van der Waals surface area contributed by atoms with Crippen LogP contribution in [0.15, 0.2) is 47.5 Å². The number of rotatable bonds is 4. The van der Waals surface area contributed by atoms with Gasteiger partial charge in [0.05, 0.1) is 44.7 Å². The molecule has 1 aromatic heterocycles. The van der Waals surface area contributed by atoms with Gasteiger partial charge in [-0.1, -0.05) is 34.8 Å². The van der Waals surface area contributed by atoms with Gasteiger partial charge in [-0.15, -0.1) is 0 Å². The Morgan fingerprint density at radius 1 is 1.04 bits per heavy atom. The molecule has 0 aliphatic carbocycles. The summed E-state index contributed by atoms with van der Waals surface area (Å²) >= 11 is 18.7. The van der Waals surface area contributed by atoms with E-state index in [-0.39, 0.29) is 4.90 Å². The van der Waals surface area contributed by atoms with Crippen LogP contribution in [0.25, 0.3) is 16.9 Å². The van der Waals surface area contributed by atoms with Crippen LogP contribution in [0, 0.1) is 0 Å². The monoisotopic (exact) mass is 431 g/mol. The summed E-state index contributed by atoms with van der Waals surface area (Å²) in [4.78, 5) is -0.00316. The van der Waals surface area contributed by atoms with E-state index in [9.17, 15) is 8.42 Å². The van der Waals surface area contributed by atoms with Crippen molar-refractivity contribution in [2.24, 2.45) is 5.14 Å². The minimum Gasteiger partial charge on any atom is -0.494 e. The number of benzene rings is 2. The lowest BCUT2D eigenvalue weighted by atomic mass is 10.1. The second kappa shape index (κ2) is 7.09. The molecule has 0 radical (unpaired) electrons. The molecule has 6 nitrogen and oxygen atoms in total. The molecule has 0 fully saturated rings. The summed E-state index contributed by atoms with van der Waals surface area (Å²) in [5.74, 6) is 0.358. The van der Waals surface area contributed by atoms with Crippen molar-refractivity contribution >= 4 is 44.8 Å². The molecule has 0 unspecified atom stereocenters. The van der Waals surface area contributed by atoms with Crippen LogP contribution in [0.1, 0.15) is 0 Å². The Balaban J connectivity index is 2.14. The summed E-state index contributed by atoms with van der Waals surface area (Å²) in [5, 5.41) is 10.4. The van der Waals surface area contributed by atoms with E-state index < -0.39 is 10.0 Å². The number of sulfonamides is 1. The van der Waals surface area contributed by atoms with E-state index in [2.05, 4.69) is 5.10 Å². The number of hydrogen-bond donors (Lipinski definition) is 1. The van der Waals surface area contributed by atoms with Crippen molar-refractivity contribution in [1.29, 1.82) is 0 Å². The van der Waals surface area contributed by atoms with Crippen LogP contribution in [-0.2, 0) is 10.0 Å². The second-order valence-electron chi connectivity index (χ2n) is 5.26. The van der Waals surface area contributed by atoms with Crippen LogP contribution >= 0.6 is 34.8 Å². The molecule has 0 bridgehead atoms. The summed E-state index contributed by atoms with van der Waals surface area (Å²) in [6.07, 6.45) is 1.47. The van der Waals surface area contributed by atoms with E-state index in [1.807, 2.05) is 0 Å². The molecule has 10 heteroatoms. The van der Waals surface area contributed by atoms with Crippen LogP contribution < -0.4 is 9.88 Å². The lowest BCUT2D eigenvalue weighted by Crippen LogP contribution is -2.12. The van der Waals surface area contributed by atoms with Crippen LogP contribution in [0.4, 0.5) is 0 Å². The first-order valence-corrected chi connectivity index (χ1v) is 9.80. The summed E-state index contributed by atoms with van der Waals surface area (Å²) in [6.45, 7) is 0. The van der Waals surface area contributed by atoms with Gasteiger partial charge in [0.25, 0.3) is 0 Å². The number of halogens is 3. The number of methoxy groups -OCH3 is 1. The third-order valence-corrected chi connectivity index (χ3v) is 5.38. The van der Waals surface area contributed by atoms with Gasteiger partial charge in [0.1, 0.15) is 0 Å². The van der Waals surface area contributed by atoms with Gasteiger partial charge in [0.15, 0.2) is 5.75 Å². The minimum atomic E-state index is -3.78. The van der Waals surface area contributed by atoms with Gasteiger partial charge >= 0.3 is 0 Å². The van der Waals surface area contributed by atoms with Gasteiger partial charge in [-0.3, -0.25) is 0 Å². The standard InChI is InChI=1S/C16H12Cl3N3O3S/c1-25-16-12(17)6-9(7-13(16)18)15-14(19)8-21-22(15)10-2-4-11(5-3-10)26(20,23)24/h2-8H,1H3,(H2,20,23,24). The van der Waals surface area contributed by atoms with E-state index >= 15 is 0 Å². The largest absolute Gasteiger partial charge is 0.494 e. The molecule has 2 N–H and O–H groups in total. The molecule has 0 amide bonds. The molecule has 0 saturated heterocycles. The van der Waals surface area contributed by atoms with Crippen molar-refractivity contribution in [3.8, 4) is 22.7 Å². The number of nitrogens with two attached hydrogens (primary N) is 1. The first-order valence-electron chi connectivity index (χ1n) is 7.12. The maximum absolute atomic E-state index is 11.4. The Labute approximate surface area is 165 Å². The van der Waals surface area contributed by atoms with Crippen molar-refractivity contribution in [3.05, 3.63) is 57.7 Å². The quantitative estimate of drug-likeness (QED) is 0.670. The number of nitrogens with zero attached hydrogens (tertiary/aromatic N) is 2. The molecule has 26 heavy (non-hydrogen) atoms. The fraction of sp³-hybridized carbons (Fsp3) is 0.0625. The fourth-order valence-corrected chi connectivity index (χ4v) is 3.84. The Bertz CT molecular complexity index is 1060. The third-order valence-electron chi connectivity index (χ3n) is 3.61. The molecular weight excluding hydrogens is 421 g/mol. The molecule has 0 saturated carbocycles. The van der Waals surface area contributed by atoms with E-state index in [1.54, 1.807) is 28.9 Å². The smallest absolute Gasteiger partial charge is 0.238 e. The molecule has 3 rings (SSSR count). The van der Waals surface area contributed by atoms with Gasteiger partial charge in [-0.25, -0.2) is 18.2 Å². The van der Waals surface area contributed by atoms with Gasteiger partial charge < -0.3 is 4.74 Å². The first kappa shape index (κ1) is 19.0. The highest BCUT2D eigenvalue weighted by atomic mass is 35.5. The Morgan fingerprint density at radius 2 is 1.62 bits per heavy atom. The molecule has 3 aromatic rings. The molecule has 1 heterocycles. The van der Waals surface area contributed by atoms with Gasteiger partial charge in [0.2, 0.25) is 10.0 Å². The second-order valence-corrected chi connectivity index (χ2v) is 8.05. The average Bonchev–Trinajstić information content (AvgIpc) is 2.95. The Hall–Kier alpha value is -1.77. The summed E-state index contributed by atoms with van der Waals surface area (Å²) in [6, 6.07) is 9.23. The van der Waals surface area contributed by atoms with E-state index in [0.29, 0.717) is 37.8 Å². The van der Waals surface area contributed by atoms with Gasteiger partial charge in [-0.2, -0.15) is 5.10 Å². The maximum Gasteiger partial charge on any atom is 0.238 e. The molecule has 0 spiro atoms. The SMILES string of the molecule is COc1c(Cl)cc(-c2c(Cl)cnn2-c2ccc(S(N)(=O)=O)cc2)cc1Cl. The molecule has 0 atom stereocenters. The summed E-state index contributed by atoms with van der Waals surface area (Å²) in [7, 11) is -2.31. The number of hydrogen-bond acceptors (Lipinski definition) is 4. The third kappa shape index (κ3) is 3.54. The van der Waals surface area contributed by atoms with Crippen LogP contribution in [0.3, 0.4) is 0 Å². The highest BCUT2D eigenvalue weighted by Gasteiger charge is 2.18. The molecule has 0 aliphatic heterocycles. The zero-order valence-corrected chi connectivity index (χ0v) is 16.4. The topological polar surface area (TPSA) is 87.2 Å². The predicted octanol–water partition coefficient (Wildman–Crippen LogP) is 4.16. The fourth-order valence-electron chi connectivity index (χ4n) is 2.45. The number of ether oxygens (including phenoxy) is 1. The molecular formula is C16H12Cl3N3O3S. The Kier molecular flexibility index (Phi) is 5.18. The predicted molar refractivity (Wildman–Crippen MR) is 102 cm³/mol. The molecule has 2 aromatic carbocycles. The van der Waals surface area contributed by atoms with Crippen molar-refractivity contribution in [2.45, 2.75) is 4.90 Å². The van der Waals surface area contributed by atoms with Crippen LogP contribution in [-0.4, -0.2) is 25.3 Å². The average molecular weight is 433 g/mol. The normalized spacial score (nSPS) is 11.6.